The molecule has 0 spiro atoms. The van der Waals surface area contributed by atoms with Gasteiger partial charge in [-0.25, -0.2) is 9.59 Å². The van der Waals surface area contributed by atoms with Crippen LogP contribution >= 0.6 is 0 Å². The Labute approximate surface area is 148 Å². The molecule has 2 aromatic rings. The van der Waals surface area contributed by atoms with E-state index in [4.69, 9.17) is 9.90 Å². The summed E-state index contributed by atoms with van der Waals surface area (Å²) in [6, 6.07) is 15.0. The van der Waals surface area contributed by atoms with E-state index in [1.54, 1.807) is 12.1 Å². The maximum atomic E-state index is 11.1. The van der Waals surface area contributed by atoms with E-state index in [1.165, 1.54) is 11.1 Å². The number of nitrogens with two attached hydrogens (primary N) is 2. The predicted octanol–water partition coefficient (Wildman–Crippen LogP) is 3.67. The molecule has 0 unspecified atom stereocenters. The predicted molar refractivity (Wildman–Crippen MR) is 99.6 cm³/mol. The number of aromatic carboxylic acids is 1. The Kier molecular flexibility index (Phi) is 8.79. The number of unbranched alkanes of at least 4 members (excludes halogenated alkanes) is 2. The number of hydrogen-bond acceptors (Lipinski definition) is 2. The van der Waals surface area contributed by atoms with Crippen molar-refractivity contribution in [1.29, 1.82) is 0 Å². The van der Waals surface area contributed by atoms with Crippen molar-refractivity contribution in [2.24, 2.45) is 11.5 Å². The summed E-state index contributed by atoms with van der Waals surface area (Å²) in [7, 11) is 0. The van der Waals surface area contributed by atoms with Crippen LogP contribution in [0.5, 0.6) is 0 Å². The molecule has 0 aliphatic rings. The fourth-order valence-corrected chi connectivity index (χ4v) is 2.65. The second-order valence-corrected chi connectivity index (χ2v) is 5.85. The van der Waals surface area contributed by atoms with Crippen LogP contribution in [0.15, 0.2) is 48.5 Å². The van der Waals surface area contributed by atoms with Crippen LogP contribution < -0.4 is 11.5 Å². The Morgan fingerprint density at radius 2 is 1.32 bits per heavy atom. The third kappa shape index (κ3) is 8.01. The minimum absolute atomic E-state index is 0.441. The lowest BCUT2D eigenvalue weighted by Crippen LogP contribution is -2.18. The fourth-order valence-electron chi connectivity index (χ4n) is 2.65. The third-order valence-electron chi connectivity index (χ3n) is 3.90. The quantitative estimate of drug-likeness (QED) is 0.668. The van der Waals surface area contributed by atoms with Gasteiger partial charge in [0.15, 0.2) is 0 Å². The van der Waals surface area contributed by atoms with Crippen LogP contribution in [-0.4, -0.2) is 17.1 Å². The summed E-state index contributed by atoms with van der Waals surface area (Å²) < 4.78 is 0. The van der Waals surface area contributed by atoms with Crippen molar-refractivity contribution in [3.63, 3.8) is 0 Å². The maximum absolute atomic E-state index is 11.1. The summed E-state index contributed by atoms with van der Waals surface area (Å²) in [4.78, 5) is 20.1. The molecule has 2 amide bonds. The van der Waals surface area contributed by atoms with E-state index in [0.29, 0.717) is 5.56 Å². The summed E-state index contributed by atoms with van der Waals surface area (Å²) in [6.45, 7) is 2.15. The molecule has 0 aliphatic carbocycles. The van der Waals surface area contributed by atoms with E-state index in [1.807, 2.05) is 12.1 Å². The van der Waals surface area contributed by atoms with Crippen LogP contribution in [0.2, 0.25) is 0 Å². The van der Waals surface area contributed by atoms with Crippen LogP contribution in [0.3, 0.4) is 0 Å². The highest BCUT2D eigenvalue weighted by atomic mass is 16.4. The zero-order chi connectivity index (χ0) is 18.7. The summed E-state index contributed by atoms with van der Waals surface area (Å²) in [5, 5.41) is 9.15. The molecule has 0 saturated heterocycles. The minimum atomic E-state index is -0.833. The molecular formula is C20H26N2O3. The molecule has 0 aliphatic heterocycles. The number of urea groups is 1. The normalized spacial score (nSPS) is 9.80. The lowest BCUT2D eigenvalue weighted by molar-refractivity contribution is 0.0695. The average molecular weight is 342 g/mol. The zero-order valence-corrected chi connectivity index (χ0v) is 14.6. The van der Waals surface area contributed by atoms with Gasteiger partial charge in [-0.2, -0.15) is 0 Å². The van der Waals surface area contributed by atoms with Crippen molar-refractivity contribution in [2.45, 2.75) is 39.0 Å². The molecule has 0 fully saturated rings. The molecule has 0 heterocycles. The number of primary amides is 2. The van der Waals surface area contributed by atoms with Gasteiger partial charge < -0.3 is 16.6 Å². The van der Waals surface area contributed by atoms with Gasteiger partial charge in [0.25, 0.3) is 0 Å². The van der Waals surface area contributed by atoms with Crippen LogP contribution in [-0.2, 0) is 12.8 Å². The number of carboxylic acids is 1. The van der Waals surface area contributed by atoms with Gasteiger partial charge in [0, 0.05) is 0 Å². The number of aryl methyl sites for hydroxylation is 3. The summed E-state index contributed by atoms with van der Waals surface area (Å²) >= 11 is 0. The third-order valence-corrected chi connectivity index (χ3v) is 3.90. The molecule has 5 nitrogen and oxygen atoms in total. The SMILES string of the molecule is Cc1ccccc1CCCCCc1ccccc1C(=O)O.NC(N)=O. The molecular weight excluding hydrogens is 316 g/mol. The van der Waals surface area contributed by atoms with E-state index in [0.717, 1.165) is 37.7 Å². The first-order valence-corrected chi connectivity index (χ1v) is 8.32. The summed E-state index contributed by atoms with van der Waals surface area (Å²) in [5.41, 5.74) is 12.7. The van der Waals surface area contributed by atoms with Crippen molar-refractivity contribution in [3.05, 3.63) is 70.8 Å². The van der Waals surface area contributed by atoms with Crippen molar-refractivity contribution >= 4 is 12.0 Å². The Hall–Kier alpha value is -2.82. The van der Waals surface area contributed by atoms with Crippen molar-refractivity contribution < 1.29 is 14.7 Å². The summed E-state index contributed by atoms with van der Waals surface area (Å²) in [5.74, 6) is -0.828. The minimum Gasteiger partial charge on any atom is -0.478 e. The van der Waals surface area contributed by atoms with Crippen molar-refractivity contribution in [3.8, 4) is 0 Å². The Bertz CT molecular complexity index is 695. The van der Waals surface area contributed by atoms with E-state index >= 15 is 0 Å². The Morgan fingerprint density at radius 3 is 1.88 bits per heavy atom. The van der Waals surface area contributed by atoms with Crippen LogP contribution in [0.1, 0.15) is 46.3 Å². The molecule has 5 heteroatoms. The molecule has 134 valence electrons. The van der Waals surface area contributed by atoms with E-state index in [-0.39, 0.29) is 0 Å². The molecule has 0 aromatic heterocycles. The van der Waals surface area contributed by atoms with Gasteiger partial charge in [-0.05, 0) is 55.4 Å². The second-order valence-electron chi connectivity index (χ2n) is 5.85. The van der Waals surface area contributed by atoms with E-state index in [2.05, 4.69) is 42.7 Å². The zero-order valence-electron chi connectivity index (χ0n) is 14.6. The molecule has 2 rings (SSSR count). The largest absolute Gasteiger partial charge is 0.478 e. The Balaban J connectivity index is 0.000000705. The highest BCUT2D eigenvalue weighted by Crippen LogP contribution is 2.15. The van der Waals surface area contributed by atoms with Crippen molar-refractivity contribution in [1.82, 2.24) is 0 Å². The maximum Gasteiger partial charge on any atom is 0.335 e. The summed E-state index contributed by atoms with van der Waals surface area (Å²) in [6.07, 6.45) is 5.27. The highest BCUT2D eigenvalue weighted by Gasteiger charge is 2.08. The number of carbonyl (C=O) groups excluding carboxylic acids is 1. The smallest absolute Gasteiger partial charge is 0.335 e. The highest BCUT2D eigenvalue weighted by molar-refractivity contribution is 5.89. The lowest BCUT2D eigenvalue weighted by Gasteiger charge is -2.07. The number of carbonyl (C=O) groups is 2. The van der Waals surface area contributed by atoms with Gasteiger partial charge in [-0.1, -0.05) is 48.9 Å². The molecule has 0 atom stereocenters. The van der Waals surface area contributed by atoms with Crippen molar-refractivity contribution in [2.75, 3.05) is 0 Å². The number of amides is 2. The monoisotopic (exact) mass is 342 g/mol. The van der Waals surface area contributed by atoms with Gasteiger partial charge in [0.05, 0.1) is 5.56 Å². The lowest BCUT2D eigenvalue weighted by atomic mass is 9.99. The number of benzene rings is 2. The fraction of sp³-hybridized carbons (Fsp3) is 0.300. The molecule has 25 heavy (non-hydrogen) atoms. The average Bonchev–Trinajstić information content (AvgIpc) is 2.56. The first kappa shape index (κ1) is 20.2. The standard InChI is InChI=1S/C19H22O2.CH4N2O/c1-15-9-5-6-11-16(15)10-3-2-4-12-17-13-7-8-14-18(17)19(20)21;2-1(3)4/h5-9,11,13-14H,2-4,10,12H2,1H3,(H,20,21);(H4,2,3,4). The van der Waals surface area contributed by atoms with E-state index in [9.17, 15) is 4.79 Å². The molecule has 0 radical (unpaired) electrons. The molecule has 2 aromatic carbocycles. The molecule has 0 saturated carbocycles. The molecule has 5 N–H and O–H groups in total. The van der Waals surface area contributed by atoms with Crippen LogP contribution in [0.4, 0.5) is 4.79 Å². The first-order valence-electron chi connectivity index (χ1n) is 8.32. The van der Waals surface area contributed by atoms with Gasteiger partial charge in [0.2, 0.25) is 0 Å². The molecule has 0 bridgehead atoms. The van der Waals surface area contributed by atoms with Gasteiger partial charge in [0.1, 0.15) is 0 Å². The van der Waals surface area contributed by atoms with Crippen LogP contribution in [0, 0.1) is 6.92 Å². The number of hydrogen-bond donors (Lipinski definition) is 3. The van der Waals surface area contributed by atoms with Gasteiger partial charge in [-0.15, -0.1) is 0 Å². The second kappa shape index (κ2) is 10.9. The van der Waals surface area contributed by atoms with E-state index < -0.39 is 12.0 Å². The Morgan fingerprint density at radius 1 is 0.840 bits per heavy atom. The van der Waals surface area contributed by atoms with Gasteiger partial charge >= 0.3 is 12.0 Å². The number of rotatable bonds is 7. The van der Waals surface area contributed by atoms with Gasteiger partial charge in [-0.3, -0.25) is 0 Å². The number of carboxylic acid groups (broad SMARTS) is 1. The van der Waals surface area contributed by atoms with Crippen LogP contribution in [0.25, 0.3) is 0 Å². The topological polar surface area (TPSA) is 106 Å². The first-order chi connectivity index (χ1) is 11.9.